The number of carbonyl (C=O) groups excluding carboxylic acids is 1. The summed E-state index contributed by atoms with van der Waals surface area (Å²) in [6.45, 7) is 3.89. The molecule has 2 aliphatic rings. The largest absolute Gasteiger partial charge is 0.460 e. The fourth-order valence-corrected chi connectivity index (χ4v) is 1.88. The fourth-order valence-electron chi connectivity index (χ4n) is 1.88. The van der Waals surface area contributed by atoms with E-state index in [1.54, 1.807) is 0 Å². The van der Waals surface area contributed by atoms with Crippen molar-refractivity contribution in [3.05, 3.63) is 0 Å². The van der Waals surface area contributed by atoms with Gasteiger partial charge in [0, 0.05) is 12.8 Å². The van der Waals surface area contributed by atoms with Gasteiger partial charge < -0.3 is 24.8 Å². The minimum Gasteiger partial charge on any atom is -0.460 e. The SMILES string of the molecule is CC[C@@H]1C[C@@H](O)C(=O)O1.CC[C@@H]1C[C@@H](O)C(O)O1. The Labute approximate surface area is 107 Å². The van der Waals surface area contributed by atoms with E-state index in [1.807, 2.05) is 13.8 Å². The van der Waals surface area contributed by atoms with Crippen molar-refractivity contribution in [2.75, 3.05) is 0 Å². The first-order valence-corrected chi connectivity index (χ1v) is 6.38. The van der Waals surface area contributed by atoms with E-state index in [9.17, 15) is 4.79 Å². The second-order valence-corrected chi connectivity index (χ2v) is 4.58. The van der Waals surface area contributed by atoms with Crippen LogP contribution in [0.15, 0.2) is 0 Å². The zero-order valence-electron chi connectivity index (χ0n) is 10.8. The molecule has 5 atom stereocenters. The Morgan fingerprint density at radius 1 is 1.11 bits per heavy atom. The van der Waals surface area contributed by atoms with Crippen molar-refractivity contribution in [2.24, 2.45) is 0 Å². The van der Waals surface area contributed by atoms with Gasteiger partial charge in [0.15, 0.2) is 12.4 Å². The van der Waals surface area contributed by atoms with Gasteiger partial charge in [-0.15, -0.1) is 0 Å². The van der Waals surface area contributed by atoms with E-state index in [2.05, 4.69) is 0 Å². The first-order chi connectivity index (χ1) is 8.47. The zero-order valence-corrected chi connectivity index (χ0v) is 10.8. The van der Waals surface area contributed by atoms with Gasteiger partial charge in [-0.05, 0) is 12.8 Å². The molecule has 18 heavy (non-hydrogen) atoms. The normalized spacial score (nSPS) is 39.2. The summed E-state index contributed by atoms with van der Waals surface area (Å²) >= 11 is 0. The number of hydrogen-bond acceptors (Lipinski definition) is 6. The van der Waals surface area contributed by atoms with Crippen LogP contribution in [0.4, 0.5) is 0 Å². The first kappa shape index (κ1) is 15.4. The minimum atomic E-state index is -0.949. The van der Waals surface area contributed by atoms with Crippen molar-refractivity contribution in [1.29, 1.82) is 0 Å². The number of ether oxygens (including phenoxy) is 2. The van der Waals surface area contributed by atoms with Gasteiger partial charge in [0.05, 0.1) is 6.10 Å². The van der Waals surface area contributed by atoms with Gasteiger partial charge in [0.1, 0.15) is 12.2 Å². The maximum Gasteiger partial charge on any atom is 0.335 e. The van der Waals surface area contributed by atoms with E-state index in [4.69, 9.17) is 24.8 Å². The molecular weight excluding hydrogens is 240 g/mol. The molecule has 3 N–H and O–H groups in total. The van der Waals surface area contributed by atoms with E-state index in [-0.39, 0.29) is 12.2 Å². The van der Waals surface area contributed by atoms with Crippen molar-refractivity contribution in [2.45, 2.75) is 70.2 Å². The summed E-state index contributed by atoms with van der Waals surface area (Å²) in [5, 5.41) is 26.6. The maximum absolute atomic E-state index is 10.5. The highest BCUT2D eigenvalue weighted by molar-refractivity contribution is 5.76. The molecule has 0 aromatic carbocycles. The van der Waals surface area contributed by atoms with Crippen molar-refractivity contribution in [3.8, 4) is 0 Å². The van der Waals surface area contributed by atoms with Crippen LogP contribution in [0.5, 0.6) is 0 Å². The summed E-state index contributed by atoms with van der Waals surface area (Å²) in [6, 6.07) is 0. The van der Waals surface area contributed by atoms with Crippen LogP contribution in [0, 0.1) is 0 Å². The Morgan fingerprint density at radius 3 is 1.94 bits per heavy atom. The minimum absolute atomic E-state index is 0.0486. The third kappa shape index (κ3) is 4.20. The van der Waals surface area contributed by atoms with Crippen molar-refractivity contribution in [3.63, 3.8) is 0 Å². The Hall–Kier alpha value is -0.690. The van der Waals surface area contributed by atoms with E-state index in [0.717, 1.165) is 12.8 Å². The molecule has 0 bridgehead atoms. The lowest BCUT2D eigenvalue weighted by Crippen LogP contribution is -2.19. The topological polar surface area (TPSA) is 96.2 Å². The highest BCUT2D eigenvalue weighted by Gasteiger charge is 2.31. The lowest BCUT2D eigenvalue weighted by atomic mass is 10.2. The fraction of sp³-hybridized carbons (Fsp3) is 0.917. The molecular formula is C12H22O6. The van der Waals surface area contributed by atoms with Crippen LogP contribution in [0.1, 0.15) is 39.5 Å². The molecule has 6 nitrogen and oxygen atoms in total. The van der Waals surface area contributed by atoms with Gasteiger partial charge in [-0.2, -0.15) is 0 Å². The van der Waals surface area contributed by atoms with Gasteiger partial charge in [0.2, 0.25) is 0 Å². The molecule has 0 aliphatic carbocycles. The molecule has 0 saturated carbocycles. The van der Waals surface area contributed by atoms with Crippen molar-refractivity contribution in [1.82, 2.24) is 0 Å². The predicted molar refractivity (Wildman–Crippen MR) is 62.6 cm³/mol. The second-order valence-electron chi connectivity index (χ2n) is 4.58. The zero-order chi connectivity index (χ0) is 13.7. The molecule has 2 heterocycles. The van der Waals surface area contributed by atoms with E-state index in [1.165, 1.54) is 0 Å². The summed E-state index contributed by atoms with van der Waals surface area (Å²) in [5.74, 6) is -0.471. The Morgan fingerprint density at radius 2 is 1.72 bits per heavy atom. The van der Waals surface area contributed by atoms with Gasteiger partial charge in [-0.3, -0.25) is 0 Å². The molecule has 2 rings (SSSR count). The summed E-state index contributed by atoms with van der Waals surface area (Å²) in [6.07, 6.45) is 0.201. The number of hydrogen-bond donors (Lipinski definition) is 3. The van der Waals surface area contributed by atoms with E-state index in [0.29, 0.717) is 12.8 Å². The monoisotopic (exact) mass is 262 g/mol. The molecule has 106 valence electrons. The first-order valence-electron chi connectivity index (χ1n) is 6.38. The van der Waals surface area contributed by atoms with E-state index < -0.39 is 24.5 Å². The Balaban J connectivity index is 0.000000180. The predicted octanol–water partition coefficient (Wildman–Crippen LogP) is -0.0626. The molecule has 1 unspecified atom stereocenters. The third-order valence-electron chi connectivity index (χ3n) is 3.12. The molecule has 0 radical (unpaired) electrons. The summed E-state index contributed by atoms with van der Waals surface area (Å²) < 4.78 is 9.66. The quantitative estimate of drug-likeness (QED) is 0.603. The van der Waals surface area contributed by atoms with E-state index >= 15 is 0 Å². The molecule has 0 spiro atoms. The van der Waals surface area contributed by atoms with Crippen LogP contribution >= 0.6 is 0 Å². The number of esters is 1. The van der Waals surface area contributed by atoms with Crippen molar-refractivity contribution < 1.29 is 29.6 Å². The van der Waals surface area contributed by atoms with Crippen LogP contribution < -0.4 is 0 Å². The summed E-state index contributed by atoms with van der Waals surface area (Å²) in [7, 11) is 0. The molecule has 0 amide bonds. The molecule has 2 saturated heterocycles. The lowest BCUT2D eigenvalue weighted by molar-refractivity contribution is -0.147. The molecule has 6 heteroatoms. The maximum atomic E-state index is 10.5. The Bertz CT molecular complexity index is 259. The average molecular weight is 262 g/mol. The number of carbonyl (C=O) groups is 1. The van der Waals surface area contributed by atoms with Gasteiger partial charge in [-0.1, -0.05) is 13.8 Å². The number of aliphatic hydroxyl groups excluding tert-OH is 3. The highest BCUT2D eigenvalue weighted by atomic mass is 16.6. The summed E-state index contributed by atoms with van der Waals surface area (Å²) in [4.78, 5) is 10.5. The van der Waals surface area contributed by atoms with Crippen LogP contribution in [0.3, 0.4) is 0 Å². The molecule has 2 aliphatic heterocycles. The standard InChI is InChI=1S/C6H12O3.C6H10O3/c2*1-2-4-3-5(7)6(8)9-4/h4-8H,2-3H2,1H3;4-5,7H,2-3H2,1H3/t4-,5-,6?;4-,5-/m11/s1. The van der Waals surface area contributed by atoms with Crippen molar-refractivity contribution >= 4 is 5.97 Å². The molecule has 2 fully saturated rings. The van der Waals surface area contributed by atoms with Crippen LogP contribution in [-0.4, -0.2) is 52.0 Å². The van der Waals surface area contributed by atoms with Gasteiger partial charge in [0.25, 0.3) is 0 Å². The van der Waals surface area contributed by atoms with Crippen LogP contribution in [-0.2, 0) is 14.3 Å². The highest BCUT2D eigenvalue weighted by Crippen LogP contribution is 2.20. The molecule has 0 aromatic heterocycles. The van der Waals surface area contributed by atoms with Crippen LogP contribution in [0.2, 0.25) is 0 Å². The smallest absolute Gasteiger partial charge is 0.335 e. The molecule has 0 aromatic rings. The summed E-state index contributed by atoms with van der Waals surface area (Å²) in [5.41, 5.74) is 0. The lowest BCUT2D eigenvalue weighted by Gasteiger charge is -2.05. The second kappa shape index (κ2) is 7.04. The van der Waals surface area contributed by atoms with Gasteiger partial charge >= 0.3 is 5.97 Å². The van der Waals surface area contributed by atoms with Crippen LogP contribution in [0.25, 0.3) is 0 Å². The number of rotatable bonds is 2. The third-order valence-corrected chi connectivity index (χ3v) is 3.12. The number of aliphatic hydroxyl groups is 3. The Kier molecular flexibility index (Phi) is 6.01. The van der Waals surface area contributed by atoms with Gasteiger partial charge in [-0.25, -0.2) is 4.79 Å². The average Bonchev–Trinajstić information content (AvgIpc) is 2.84. The number of cyclic esters (lactones) is 1.